The first kappa shape index (κ1) is 19.7. The van der Waals surface area contributed by atoms with Gasteiger partial charge in [-0.05, 0) is 49.5 Å². The summed E-state index contributed by atoms with van der Waals surface area (Å²) >= 11 is 12.1. The van der Waals surface area contributed by atoms with Gasteiger partial charge in [0.05, 0.1) is 5.02 Å². The Bertz CT molecular complexity index is 876. The number of nitrogens with one attached hydrogen (secondary N) is 2. The number of aromatic amines is 1. The fraction of sp³-hybridized carbons (Fsp3) is 0.368. The van der Waals surface area contributed by atoms with Gasteiger partial charge >= 0.3 is 0 Å². The molecule has 2 heterocycles. The van der Waals surface area contributed by atoms with Crippen molar-refractivity contribution in [2.24, 2.45) is 5.92 Å². The molecule has 1 saturated heterocycles. The van der Waals surface area contributed by atoms with Crippen molar-refractivity contribution in [1.82, 2.24) is 15.2 Å². The Labute approximate surface area is 167 Å². The van der Waals surface area contributed by atoms with E-state index < -0.39 is 11.5 Å². The van der Waals surface area contributed by atoms with Gasteiger partial charge in [0, 0.05) is 18.1 Å². The Morgan fingerprint density at radius 2 is 1.93 bits per heavy atom. The zero-order valence-corrected chi connectivity index (χ0v) is 16.3. The van der Waals surface area contributed by atoms with Crippen LogP contribution in [0.5, 0.6) is 0 Å². The SMILES string of the molecule is Nc1[nH]c(=O)c(C(=O)NCC2CCN(Cc3ccccc3Cl)CC2)cc1Cl. The number of hydrogen-bond acceptors (Lipinski definition) is 4. The molecule has 0 bridgehead atoms. The number of hydrogen-bond donors (Lipinski definition) is 3. The van der Waals surface area contributed by atoms with Crippen LogP contribution < -0.4 is 16.6 Å². The smallest absolute Gasteiger partial charge is 0.262 e. The Morgan fingerprint density at radius 1 is 1.22 bits per heavy atom. The lowest BCUT2D eigenvalue weighted by Gasteiger charge is -2.32. The van der Waals surface area contributed by atoms with Gasteiger partial charge in [-0.3, -0.25) is 14.5 Å². The lowest BCUT2D eigenvalue weighted by atomic mass is 9.96. The molecule has 0 atom stereocenters. The van der Waals surface area contributed by atoms with Crippen LogP contribution >= 0.6 is 23.2 Å². The number of anilines is 1. The molecule has 6 nitrogen and oxygen atoms in total. The number of likely N-dealkylation sites (tertiary alicyclic amines) is 1. The molecule has 0 unspecified atom stereocenters. The second-order valence-corrected chi connectivity index (χ2v) is 7.61. The van der Waals surface area contributed by atoms with E-state index in [4.69, 9.17) is 28.9 Å². The maximum Gasteiger partial charge on any atom is 0.262 e. The highest BCUT2D eigenvalue weighted by atomic mass is 35.5. The molecule has 4 N–H and O–H groups in total. The zero-order valence-electron chi connectivity index (χ0n) is 14.8. The van der Waals surface area contributed by atoms with Gasteiger partial charge in [-0.25, -0.2) is 0 Å². The normalized spacial score (nSPS) is 15.6. The summed E-state index contributed by atoms with van der Waals surface area (Å²) in [5, 5.41) is 3.78. The minimum atomic E-state index is -0.538. The molecule has 0 radical (unpaired) electrons. The summed E-state index contributed by atoms with van der Waals surface area (Å²) in [7, 11) is 0. The Morgan fingerprint density at radius 3 is 2.63 bits per heavy atom. The predicted octanol–water partition coefficient (Wildman–Crippen LogP) is 2.91. The van der Waals surface area contributed by atoms with Crippen LogP contribution in [0.1, 0.15) is 28.8 Å². The number of piperidine rings is 1. The number of H-pyrrole nitrogens is 1. The van der Waals surface area contributed by atoms with Crippen LogP contribution in [-0.4, -0.2) is 35.4 Å². The second-order valence-electron chi connectivity index (χ2n) is 6.79. The molecule has 8 heteroatoms. The first-order valence-corrected chi connectivity index (χ1v) is 9.62. The molecular formula is C19H22Cl2N4O2. The van der Waals surface area contributed by atoms with Crippen LogP contribution in [-0.2, 0) is 6.54 Å². The molecule has 0 saturated carbocycles. The van der Waals surface area contributed by atoms with E-state index in [1.807, 2.05) is 24.3 Å². The Hall–Kier alpha value is -2.02. The predicted molar refractivity (Wildman–Crippen MR) is 108 cm³/mol. The van der Waals surface area contributed by atoms with Crippen LogP contribution in [0.25, 0.3) is 0 Å². The molecule has 1 aromatic heterocycles. The summed E-state index contributed by atoms with van der Waals surface area (Å²) in [5.41, 5.74) is 6.10. The quantitative estimate of drug-likeness (QED) is 0.708. The Balaban J connectivity index is 1.48. The summed E-state index contributed by atoms with van der Waals surface area (Å²) < 4.78 is 0. The minimum absolute atomic E-state index is 0.0228. The molecule has 144 valence electrons. The van der Waals surface area contributed by atoms with E-state index in [2.05, 4.69) is 15.2 Å². The third-order valence-corrected chi connectivity index (χ3v) is 5.56. The van der Waals surface area contributed by atoms with Crippen molar-refractivity contribution in [3.63, 3.8) is 0 Å². The van der Waals surface area contributed by atoms with Gasteiger partial charge in [-0.15, -0.1) is 0 Å². The lowest BCUT2D eigenvalue weighted by Crippen LogP contribution is -2.39. The second kappa shape index (κ2) is 8.78. The van der Waals surface area contributed by atoms with Crippen LogP contribution in [0.2, 0.25) is 10.0 Å². The van der Waals surface area contributed by atoms with Gasteiger partial charge in [0.2, 0.25) is 0 Å². The van der Waals surface area contributed by atoms with E-state index >= 15 is 0 Å². The molecule has 1 aliphatic rings. The number of benzene rings is 1. The van der Waals surface area contributed by atoms with E-state index in [0.717, 1.165) is 43.1 Å². The molecule has 27 heavy (non-hydrogen) atoms. The zero-order chi connectivity index (χ0) is 19.4. The highest BCUT2D eigenvalue weighted by Crippen LogP contribution is 2.22. The van der Waals surface area contributed by atoms with Gasteiger partial charge in [-0.1, -0.05) is 41.4 Å². The molecule has 1 aromatic carbocycles. The van der Waals surface area contributed by atoms with Crippen LogP contribution in [0.3, 0.4) is 0 Å². The van der Waals surface area contributed by atoms with Crippen molar-refractivity contribution >= 4 is 34.9 Å². The third kappa shape index (κ3) is 5.03. The summed E-state index contributed by atoms with van der Waals surface area (Å²) in [4.78, 5) is 28.9. The van der Waals surface area contributed by atoms with Gasteiger partial charge in [0.25, 0.3) is 11.5 Å². The van der Waals surface area contributed by atoms with Crippen LogP contribution in [0.15, 0.2) is 35.1 Å². The van der Waals surface area contributed by atoms with Crippen molar-refractivity contribution in [3.05, 3.63) is 61.9 Å². The van der Waals surface area contributed by atoms with Gasteiger partial charge in [-0.2, -0.15) is 0 Å². The number of amides is 1. The van der Waals surface area contributed by atoms with Crippen molar-refractivity contribution in [3.8, 4) is 0 Å². The summed E-state index contributed by atoms with van der Waals surface area (Å²) in [6.07, 6.45) is 1.95. The number of halogens is 2. The highest BCUT2D eigenvalue weighted by molar-refractivity contribution is 6.33. The lowest BCUT2D eigenvalue weighted by molar-refractivity contribution is 0.0933. The van der Waals surface area contributed by atoms with E-state index in [1.165, 1.54) is 6.07 Å². The van der Waals surface area contributed by atoms with Crippen molar-refractivity contribution < 1.29 is 4.79 Å². The fourth-order valence-electron chi connectivity index (χ4n) is 3.24. The van der Waals surface area contributed by atoms with Crippen LogP contribution in [0, 0.1) is 5.92 Å². The third-order valence-electron chi connectivity index (χ3n) is 4.88. The number of nitrogen functional groups attached to an aromatic ring is 1. The van der Waals surface area contributed by atoms with Gasteiger partial charge < -0.3 is 16.0 Å². The number of carbonyl (C=O) groups excluding carboxylic acids is 1. The molecule has 2 aromatic rings. The first-order valence-electron chi connectivity index (χ1n) is 8.86. The van der Waals surface area contributed by atoms with Gasteiger partial charge in [0.15, 0.2) is 0 Å². The standard InChI is InChI=1S/C19H22Cl2N4O2/c20-15-4-2-1-3-13(15)11-25-7-5-12(6-8-25)10-23-18(26)14-9-16(21)17(22)24-19(14)27/h1-4,9,12H,5-8,10-11H2,(H,23,26)(H3,22,24,27). The van der Waals surface area contributed by atoms with Crippen molar-refractivity contribution in [1.29, 1.82) is 0 Å². The number of nitrogens with two attached hydrogens (primary N) is 1. The summed E-state index contributed by atoms with van der Waals surface area (Å²) in [6.45, 7) is 3.25. The number of nitrogens with zero attached hydrogens (tertiary/aromatic N) is 1. The topological polar surface area (TPSA) is 91.2 Å². The summed E-state index contributed by atoms with van der Waals surface area (Å²) in [6, 6.07) is 9.18. The summed E-state index contributed by atoms with van der Waals surface area (Å²) in [5.74, 6) is 0.000496. The van der Waals surface area contributed by atoms with E-state index in [1.54, 1.807) is 0 Å². The molecular weight excluding hydrogens is 387 g/mol. The molecule has 1 amide bonds. The van der Waals surface area contributed by atoms with Crippen molar-refractivity contribution in [2.75, 3.05) is 25.4 Å². The van der Waals surface area contributed by atoms with Crippen molar-refractivity contribution in [2.45, 2.75) is 19.4 Å². The van der Waals surface area contributed by atoms with E-state index in [0.29, 0.717) is 12.5 Å². The molecule has 3 rings (SSSR count). The number of rotatable bonds is 5. The monoisotopic (exact) mass is 408 g/mol. The maximum absolute atomic E-state index is 12.3. The minimum Gasteiger partial charge on any atom is -0.384 e. The largest absolute Gasteiger partial charge is 0.384 e. The first-order chi connectivity index (χ1) is 12.9. The van der Waals surface area contributed by atoms with E-state index in [9.17, 15) is 9.59 Å². The molecule has 0 aliphatic carbocycles. The highest BCUT2D eigenvalue weighted by Gasteiger charge is 2.21. The molecule has 1 aliphatic heterocycles. The number of carbonyl (C=O) groups is 1. The van der Waals surface area contributed by atoms with E-state index in [-0.39, 0.29) is 16.4 Å². The molecule has 1 fully saturated rings. The average Bonchev–Trinajstić information content (AvgIpc) is 2.65. The van der Waals surface area contributed by atoms with Gasteiger partial charge in [0.1, 0.15) is 11.4 Å². The number of aromatic nitrogens is 1. The van der Waals surface area contributed by atoms with Crippen LogP contribution in [0.4, 0.5) is 5.82 Å². The Kier molecular flexibility index (Phi) is 6.42. The molecule has 0 spiro atoms. The fourth-order valence-corrected chi connectivity index (χ4v) is 3.59. The number of pyridine rings is 1. The average molecular weight is 409 g/mol. The maximum atomic E-state index is 12.3.